The van der Waals surface area contributed by atoms with Crippen LogP contribution < -0.4 is 0 Å². The summed E-state index contributed by atoms with van der Waals surface area (Å²) >= 11 is 4.04. The third kappa shape index (κ3) is 1.66. The predicted molar refractivity (Wildman–Crippen MR) is 67.6 cm³/mol. The Kier molecular flexibility index (Phi) is 2.41. The van der Waals surface area contributed by atoms with Crippen molar-refractivity contribution in [1.82, 2.24) is 9.38 Å². The van der Waals surface area contributed by atoms with Crippen molar-refractivity contribution in [3.05, 3.63) is 35.8 Å². The van der Waals surface area contributed by atoms with E-state index >= 15 is 0 Å². The van der Waals surface area contributed by atoms with Crippen molar-refractivity contribution >= 4 is 29.2 Å². The fraction of sp³-hybridized carbons (Fsp3) is 0.364. The summed E-state index contributed by atoms with van der Waals surface area (Å²) in [4.78, 5) is 4.46. The summed E-state index contributed by atoms with van der Waals surface area (Å²) in [5, 5.41) is 0. The Balaban J connectivity index is 2.11. The molecule has 2 aromatic rings. The quantitative estimate of drug-likeness (QED) is 0.757. The number of thioether (sulfide) groups is 2. The molecule has 0 aromatic carbocycles. The Bertz CT molecular complexity index is 486. The molecule has 1 aliphatic heterocycles. The van der Waals surface area contributed by atoms with Gasteiger partial charge < -0.3 is 4.40 Å². The number of aromatic nitrogens is 2. The molecule has 0 radical (unpaired) electrons. The monoisotopic (exact) mass is 236 g/mol. The minimum absolute atomic E-state index is 0.572. The molecule has 3 heterocycles. The van der Waals surface area contributed by atoms with Crippen molar-refractivity contribution in [3.8, 4) is 0 Å². The van der Waals surface area contributed by atoms with Gasteiger partial charge in [0.15, 0.2) is 0 Å². The summed E-state index contributed by atoms with van der Waals surface area (Å²) in [5.41, 5.74) is 3.67. The Labute approximate surface area is 97.5 Å². The van der Waals surface area contributed by atoms with E-state index in [2.05, 4.69) is 34.6 Å². The molecule has 0 spiro atoms. The van der Waals surface area contributed by atoms with E-state index in [1.54, 1.807) is 0 Å². The second-order valence-electron chi connectivity index (χ2n) is 3.69. The Hall–Kier alpha value is -0.610. The van der Waals surface area contributed by atoms with Gasteiger partial charge in [-0.05, 0) is 24.6 Å². The molecular weight excluding hydrogens is 224 g/mol. The number of pyridine rings is 1. The van der Waals surface area contributed by atoms with Gasteiger partial charge in [0.2, 0.25) is 0 Å². The zero-order chi connectivity index (χ0) is 10.3. The van der Waals surface area contributed by atoms with Crippen molar-refractivity contribution in [2.75, 3.05) is 11.5 Å². The zero-order valence-electron chi connectivity index (χ0n) is 8.51. The minimum atomic E-state index is 0.572. The topological polar surface area (TPSA) is 17.3 Å². The predicted octanol–water partition coefficient (Wildman–Crippen LogP) is 3.12. The Morgan fingerprint density at radius 1 is 1.40 bits per heavy atom. The number of hydrogen-bond acceptors (Lipinski definition) is 3. The van der Waals surface area contributed by atoms with Crippen LogP contribution in [0.4, 0.5) is 0 Å². The third-order valence-corrected chi connectivity index (χ3v) is 5.60. The van der Waals surface area contributed by atoms with E-state index in [1.165, 1.54) is 22.8 Å². The highest BCUT2D eigenvalue weighted by Gasteiger charge is 2.21. The Morgan fingerprint density at radius 3 is 3.00 bits per heavy atom. The molecule has 0 N–H and O–H groups in total. The summed E-state index contributed by atoms with van der Waals surface area (Å²) in [6, 6.07) is 4.27. The molecule has 0 unspecified atom stereocenters. The number of aryl methyl sites for hydroxylation is 1. The number of fused-ring (bicyclic) bond motifs is 1. The molecule has 0 saturated carbocycles. The van der Waals surface area contributed by atoms with Crippen LogP contribution in [0.2, 0.25) is 0 Å². The lowest BCUT2D eigenvalue weighted by Crippen LogP contribution is -1.93. The highest BCUT2D eigenvalue weighted by atomic mass is 32.2. The van der Waals surface area contributed by atoms with Gasteiger partial charge in [-0.2, -0.15) is 0 Å². The fourth-order valence-corrected chi connectivity index (χ4v) is 4.66. The van der Waals surface area contributed by atoms with E-state index in [9.17, 15) is 0 Å². The highest BCUT2D eigenvalue weighted by molar-refractivity contribution is 8.19. The standard InChI is InChI=1S/C11H12N2S2/c1-8-2-3-13-9(7-12-10(13)6-8)11-14-4-5-15-11/h2-3,6-7,11H,4-5H2,1H3. The maximum Gasteiger partial charge on any atom is 0.137 e. The number of rotatable bonds is 1. The van der Waals surface area contributed by atoms with Crippen molar-refractivity contribution in [1.29, 1.82) is 0 Å². The molecule has 1 aliphatic rings. The van der Waals surface area contributed by atoms with E-state index in [1.807, 2.05) is 29.7 Å². The lowest BCUT2D eigenvalue weighted by Gasteiger charge is -2.07. The molecule has 15 heavy (non-hydrogen) atoms. The molecule has 0 amide bonds. The molecule has 0 atom stereocenters. The molecule has 1 fully saturated rings. The number of nitrogens with zero attached hydrogens (tertiary/aromatic N) is 2. The lowest BCUT2D eigenvalue weighted by atomic mass is 10.3. The maximum absolute atomic E-state index is 4.46. The number of hydrogen-bond donors (Lipinski definition) is 0. The van der Waals surface area contributed by atoms with Gasteiger partial charge in [-0.3, -0.25) is 0 Å². The van der Waals surface area contributed by atoms with Gasteiger partial charge in [-0.15, -0.1) is 23.5 Å². The minimum Gasteiger partial charge on any atom is -0.302 e. The Morgan fingerprint density at radius 2 is 2.20 bits per heavy atom. The van der Waals surface area contributed by atoms with E-state index in [4.69, 9.17) is 0 Å². The smallest absolute Gasteiger partial charge is 0.137 e. The SMILES string of the molecule is Cc1ccn2c(C3SCCS3)cnc2c1. The van der Waals surface area contributed by atoms with Gasteiger partial charge in [-0.25, -0.2) is 4.98 Å². The van der Waals surface area contributed by atoms with E-state index in [-0.39, 0.29) is 0 Å². The molecule has 78 valence electrons. The zero-order valence-corrected chi connectivity index (χ0v) is 10.1. The average Bonchev–Trinajstić information content (AvgIpc) is 2.82. The summed E-state index contributed by atoms with van der Waals surface area (Å²) < 4.78 is 2.78. The molecular formula is C11H12N2S2. The first-order valence-corrected chi connectivity index (χ1v) is 7.11. The van der Waals surface area contributed by atoms with Gasteiger partial charge in [-0.1, -0.05) is 0 Å². The van der Waals surface area contributed by atoms with Crippen LogP contribution in [0.25, 0.3) is 5.65 Å². The summed E-state index contributed by atoms with van der Waals surface area (Å²) in [6.45, 7) is 2.10. The molecule has 2 aromatic heterocycles. The lowest BCUT2D eigenvalue weighted by molar-refractivity contribution is 1.08. The maximum atomic E-state index is 4.46. The summed E-state index contributed by atoms with van der Waals surface area (Å²) in [7, 11) is 0. The van der Waals surface area contributed by atoms with E-state index in [0.29, 0.717) is 4.58 Å². The molecule has 2 nitrogen and oxygen atoms in total. The summed E-state index contributed by atoms with van der Waals surface area (Å²) in [5.74, 6) is 2.52. The van der Waals surface area contributed by atoms with Crippen LogP contribution in [0.1, 0.15) is 15.8 Å². The highest BCUT2D eigenvalue weighted by Crippen LogP contribution is 2.45. The van der Waals surface area contributed by atoms with E-state index in [0.717, 1.165) is 5.65 Å². The normalized spacial score (nSPS) is 17.7. The van der Waals surface area contributed by atoms with Crippen molar-refractivity contribution in [2.45, 2.75) is 11.5 Å². The van der Waals surface area contributed by atoms with Crippen LogP contribution >= 0.6 is 23.5 Å². The fourth-order valence-electron chi connectivity index (χ4n) is 1.81. The first-order valence-electron chi connectivity index (χ1n) is 5.01. The van der Waals surface area contributed by atoms with Gasteiger partial charge >= 0.3 is 0 Å². The molecule has 3 rings (SSSR count). The van der Waals surface area contributed by atoms with Crippen molar-refractivity contribution in [2.24, 2.45) is 0 Å². The van der Waals surface area contributed by atoms with Crippen LogP contribution in [-0.4, -0.2) is 20.9 Å². The van der Waals surface area contributed by atoms with Gasteiger partial charge in [0.1, 0.15) is 5.65 Å². The van der Waals surface area contributed by atoms with Crippen LogP contribution in [0, 0.1) is 6.92 Å². The van der Waals surface area contributed by atoms with Crippen molar-refractivity contribution < 1.29 is 0 Å². The number of imidazole rings is 1. The van der Waals surface area contributed by atoms with Crippen LogP contribution in [0.15, 0.2) is 24.5 Å². The third-order valence-electron chi connectivity index (χ3n) is 2.56. The molecule has 4 heteroatoms. The first kappa shape index (κ1) is 9.60. The second kappa shape index (κ2) is 3.76. The second-order valence-corrected chi connectivity index (χ2v) is 6.41. The van der Waals surface area contributed by atoms with Gasteiger partial charge in [0, 0.05) is 17.7 Å². The van der Waals surface area contributed by atoms with Crippen LogP contribution in [0.5, 0.6) is 0 Å². The van der Waals surface area contributed by atoms with Crippen molar-refractivity contribution in [3.63, 3.8) is 0 Å². The average molecular weight is 236 g/mol. The largest absolute Gasteiger partial charge is 0.302 e. The van der Waals surface area contributed by atoms with Gasteiger partial charge in [0.25, 0.3) is 0 Å². The van der Waals surface area contributed by atoms with Gasteiger partial charge in [0.05, 0.1) is 16.5 Å². The first-order chi connectivity index (χ1) is 7.34. The summed E-state index contributed by atoms with van der Waals surface area (Å²) in [6.07, 6.45) is 4.15. The van der Waals surface area contributed by atoms with Crippen LogP contribution in [-0.2, 0) is 0 Å². The molecule has 0 aliphatic carbocycles. The molecule has 1 saturated heterocycles. The van der Waals surface area contributed by atoms with Crippen LogP contribution in [0.3, 0.4) is 0 Å². The molecule has 0 bridgehead atoms. The van der Waals surface area contributed by atoms with E-state index < -0.39 is 0 Å².